The van der Waals surface area contributed by atoms with Crippen LogP contribution >= 0.6 is 0 Å². The highest BCUT2D eigenvalue weighted by atomic mass is 16.7. The van der Waals surface area contributed by atoms with Crippen molar-refractivity contribution in [1.29, 1.82) is 0 Å². The molecule has 24 heavy (non-hydrogen) atoms. The molecule has 0 aromatic rings. The molecule has 0 bridgehead atoms. The van der Waals surface area contributed by atoms with E-state index in [1.807, 2.05) is 6.92 Å². The molecule has 3 rings (SSSR count). The summed E-state index contributed by atoms with van der Waals surface area (Å²) in [6, 6.07) is 0. The van der Waals surface area contributed by atoms with Crippen LogP contribution < -0.4 is 0 Å². The van der Waals surface area contributed by atoms with Crippen molar-refractivity contribution in [3.8, 4) is 0 Å². The Balaban J connectivity index is 1.51. The van der Waals surface area contributed by atoms with E-state index >= 15 is 0 Å². The van der Waals surface area contributed by atoms with Crippen LogP contribution in [0.25, 0.3) is 0 Å². The molecule has 0 aromatic heterocycles. The van der Waals surface area contributed by atoms with Crippen molar-refractivity contribution in [2.24, 2.45) is 23.7 Å². The molecule has 2 fully saturated rings. The fourth-order valence-corrected chi connectivity index (χ4v) is 4.71. The highest BCUT2D eigenvalue weighted by Gasteiger charge is 2.40. The Morgan fingerprint density at radius 3 is 2.58 bits per heavy atom. The van der Waals surface area contributed by atoms with Crippen LogP contribution in [0.3, 0.4) is 0 Å². The van der Waals surface area contributed by atoms with Crippen LogP contribution in [0.1, 0.15) is 66.2 Å². The van der Waals surface area contributed by atoms with E-state index in [0.29, 0.717) is 23.9 Å². The quantitative estimate of drug-likeness (QED) is 0.680. The Morgan fingerprint density at radius 2 is 1.83 bits per heavy atom. The number of hydrogen-bond donors (Lipinski definition) is 0. The van der Waals surface area contributed by atoms with Gasteiger partial charge in [0.25, 0.3) is 0 Å². The Bertz CT molecular complexity index is 433. The Labute approximate surface area is 148 Å². The molecule has 3 aliphatic rings. The van der Waals surface area contributed by atoms with E-state index in [4.69, 9.17) is 14.2 Å². The summed E-state index contributed by atoms with van der Waals surface area (Å²) in [5, 5.41) is 0. The number of rotatable bonds is 4. The molecule has 0 radical (unpaired) electrons. The number of ether oxygens (including phenoxy) is 3. The van der Waals surface area contributed by atoms with E-state index in [0.717, 1.165) is 19.1 Å². The predicted octanol–water partition coefficient (Wildman–Crippen LogP) is 4.95. The lowest BCUT2D eigenvalue weighted by molar-refractivity contribution is -0.253. The van der Waals surface area contributed by atoms with Gasteiger partial charge in [0.15, 0.2) is 6.29 Å². The third-order valence-corrected chi connectivity index (χ3v) is 6.46. The lowest BCUT2D eigenvalue weighted by Gasteiger charge is -2.44. The Morgan fingerprint density at radius 1 is 1.04 bits per heavy atom. The Hall–Kier alpha value is -0.380. The van der Waals surface area contributed by atoms with Crippen molar-refractivity contribution in [1.82, 2.24) is 0 Å². The minimum atomic E-state index is -0.0731. The molecule has 0 amide bonds. The van der Waals surface area contributed by atoms with Crippen LogP contribution in [0.15, 0.2) is 11.6 Å². The molecule has 2 heterocycles. The van der Waals surface area contributed by atoms with Gasteiger partial charge in [-0.3, -0.25) is 0 Å². The zero-order chi connectivity index (χ0) is 17.1. The maximum atomic E-state index is 6.16. The average Bonchev–Trinajstić information content (AvgIpc) is 2.58. The first-order valence-corrected chi connectivity index (χ1v) is 10.1. The average molecular weight is 337 g/mol. The first-order valence-electron chi connectivity index (χ1n) is 10.1. The van der Waals surface area contributed by atoms with Crippen molar-refractivity contribution in [2.75, 3.05) is 13.2 Å². The zero-order valence-corrected chi connectivity index (χ0v) is 16.0. The lowest BCUT2D eigenvalue weighted by Crippen LogP contribution is -2.48. The molecule has 7 atom stereocenters. The molecule has 138 valence electrons. The van der Waals surface area contributed by atoms with Gasteiger partial charge >= 0.3 is 0 Å². The highest BCUT2D eigenvalue weighted by Crippen LogP contribution is 2.37. The monoisotopic (exact) mass is 336 g/mol. The molecule has 7 unspecified atom stereocenters. The molecule has 1 aliphatic carbocycles. The maximum absolute atomic E-state index is 6.16. The van der Waals surface area contributed by atoms with Crippen LogP contribution in [-0.2, 0) is 14.2 Å². The minimum absolute atomic E-state index is 0.0731. The third kappa shape index (κ3) is 4.62. The summed E-state index contributed by atoms with van der Waals surface area (Å²) in [6.45, 7) is 10.5. The fraction of sp³-hybridized carbons (Fsp3) is 0.905. The van der Waals surface area contributed by atoms with Crippen molar-refractivity contribution in [3.63, 3.8) is 0 Å². The SMILES string of the molecule is CC1=CCC(CCC2COC(C)C(C3OC(C)OCC3C)C2)CC1. The van der Waals surface area contributed by atoms with E-state index in [1.165, 1.54) is 38.5 Å². The van der Waals surface area contributed by atoms with E-state index in [2.05, 4.69) is 26.8 Å². The van der Waals surface area contributed by atoms with Gasteiger partial charge in [-0.15, -0.1) is 0 Å². The summed E-state index contributed by atoms with van der Waals surface area (Å²) >= 11 is 0. The van der Waals surface area contributed by atoms with Crippen LogP contribution in [-0.4, -0.2) is 31.7 Å². The van der Waals surface area contributed by atoms with Gasteiger partial charge in [-0.05, 0) is 71.1 Å². The van der Waals surface area contributed by atoms with Gasteiger partial charge in [0.2, 0.25) is 0 Å². The lowest BCUT2D eigenvalue weighted by atomic mass is 9.77. The van der Waals surface area contributed by atoms with E-state index in [9.17, 15) is 0 Å². The Kier molecular flexibility index (Phi) is 6.39. The molecular formula is C21H36O3. The first kappa shape index (κ1) is 18.4. The molecule has 0 aromatic carbocycles. The van der Waals surface area contributed by atoms with Crippen LogP contribution in [0.4, 0.5) is 0 Å². The van der Waals surface area contributed by atoms with Crippen molar-refractivity contribution >= 4 is 0 Å². The normalized spacial score (nSPS) is 44.2. The van der Waals surface area contributed by atoms with Crippen LogP contribution in [0.5, 0.6) is 0 Å². The molecule has 3 nitrogen and oxygen atoms in total. The smallest absolute Gasteiger partial charge is 0.155 e. The van der Waals surface area contributed by atoms with E-state index < -0.39 is 0 Å². The molecular weight excluding hydrogens is 300 g/mol. The summed E-state index contributed by atoms with van der Waals surface area (Å²) in [6.07, 6.45) is 10.9. The van der Waals surface area contributed by atoms with Crippen LogP contribution in [0, 0.1) is 23.7 Å². The van der Waals surface area contributed by atoms with Crippen LogP contribution in [0.2, 0.25) is 0 Å². The van der Waals surface area contributed by atoms with Gasteiger partial charge in [0.05, 0.1) is 18.8 Å². The van der Waals surface area contributed by atoms with E-state index in [-0.39, 0.29) is 12.4 Å². The molecule has 3 heteroatoms. The number of allylic oxidation sites excluding steroid dienone is 2. The predicted molar refractivity (Wildman–Crippen MR) is 96.8 cm³/mol. The van der Waals surface area contributed by atoms with Gasteiger partial charge in [0, 0.05) is 18.4 Å². The second kappa shape index (κ2) is 8.33. The fourth-order valence-electron chi connectivity index (χ4n) is 4.71. The van der Waals surface area contributed by atoms with Crippen molar-refractivity contribution in [3.05, 3.63) is 11.6 Å². The van der Waals surface area contributed by atoms with Crippen molar-refractivity contribution < 1.29 is 14.2 Å². The van der Waals surface area contributed by atoms with Crippen molar-refractivity contribution in [2.45, 2.75) is 84.7 Å². The summed E-state index contributed by atoms with van der Waals surface area (Å²) < 4.78 is 18.0. The second-order valence-corrected chi connectivity index (χ2v) is 8.55. The van der Waals surface area contributed by atoms with Gasteiger partial charge in [-0.2, -0.15) is 0 Å². The minimum Gasteiger partial charge on any atom is -0.378 e. The standard InChI is InChI=1S/C21H36O3/c1-14-5-7-18(8-6-14)9-10-19-11-20(16(3)22-13-19)21-15(2)12-23-17(4)24-21/h5,15-21H,6-13H2,1-4H3. The van der Waals surface area contributed by atoms with Gasteiger partial charge < -0.3 is 14.2 Å². The van der Waals surface area contributed by atoms with Gasteiger partial charge in [0.1, 0.15) is 0 Å². The first-order chi connectivity index (χ1) is 11.5. The molecule has 2 aliphatic heterocycles. The maximum Gasteiger partial charge on any atom is 0.155 e. The van der Waals surface area contributed by atoms with Gasteiger partial charge in [-0.1, -0.05) is 18.6 Å². The second-order valence-electron chi connectivity index (χ2n) is 8.55. The molecule has 0 saturated carbocycles. The third-order valence-electron chi connectivity index (χ3n) is 6.46. The summed E-state index contributed by atoms with van der Waals surface area (Å²) in [5.41, 5.74) is 1.58. The topological polar surface area (TPSA) is 27.7 Å². The summed E-state index contributed by atoms with van der Waals surface area (Å²) in [5.74, 6) is 2.57. The van der Waals surface area contributed by atoms with Gasteiger partial charge in [-0.25, -0.2) is 0 Å². The summed E-state index contributed by atoms with van der Waals surface area (Å²) in [4.78, 5) is 0. The summed E-state index contributed by atoms with van der Waals surface area (Å²) in [7, 11) is 0. The number of hydrogen-bond acceptors (Lipinski definition) is 3. The van der Waals surface area contributed by atoms with E-state index in [1.54, 1.807) is 5.57 Å². The highest BCUT2D eigenvalue weighted by molar-refractivity contribution is 5.02. The largest absolute Gasteiger partial charge is 0.378 e. The zero-order valence-electron chi connectivity index (χ0n) is 16.0. The molecule has 0 spiro atoms. The molecule has 2 saturated heterocycles. The molecule has 0 N–H and O–H groups in total.